The fraction of sp³-hybridized carbons (Fsp3) is 0. The molecule has 2 heterocycles. The number of sulfonamides is 1. The average Bonchev–Trinajstić information content (AvgIpc) is 2.45. The number of hydrogen-bond donors (Lipinski definition) is 2. The summed E-state index contributed by atoms with van der Waals surface area (Å²) >= 11 is 0. The number of nitrogens with one attached hydrogen (secondary N) is 1. The predicted octanol–water partition coefficient (Wildman–Crippen LogP) is -1.33. The number of primary sulfonamides is 1. The Labute approximate surface area is 78.2 Å². The third kappa shape index (κ3) is 1.30. The highest BCUT2D eigenvalue weighted by Crippen LogP contribution is 2.10. The number of nitrogens with zero attached hydrogens (tertiary/aromatic N) is 2. The van der Waals surface area contributed by atoms with Crippen molar-refractivity contribution in [3.8, 4) is 0 Å². The molecule has 0 saturated heterocycles. The summed E-state index contributed by atoms with van der Waals surface area (Å²) in [6.45, 7) is 0. The Hall–Kier alpha value is -1.67. The number of fused-ring (bicyclic) bond motifs is 1. The summed E-state index contributed by atoms with van der Waals surface area (Å²) in [6.07, 6.45) is 2.43. The zero-order valence-corrected chi connectivity index (χ0v) is 7.65. The lowest BCUT2D eigenvalue weighted by Crippen LogP contribution is -2.14. The summed E-state index contributed by atoms with van der Waals surface area (Å²) in [5.74, 6) is 0. The summed E-state index contributed by atoms with van der Waals surface area (Å²) in [5.41, 5.74) is -0.345. The van der Waals surface area contributed by atoms with E-state index in [-0.39, 0.29) is 10.5 Å². The number of hydrogen-bond acceptors (Lipinski definition) is 4. The Bertz CT molecular complexity index is 638. The maximum absolute atomic E-state index is 11.0. The highest BCUT2D eigenvalue weighted by atomic mass is 32.2. The predicted molar refractivity (Wildman–Crippen MR) is 47.2 cm³/mol. The van der Waals surface area contributed by atoms with E-state index in [1.807, 2.05) is 0 Å². The van der Waals surface area contributed by atoms with Gasteiger partial charge in [0.05, 0.1) is 6.20 Å². The van der Waals surface area contributed by atoms with Crippen LogP contribution in [-0.4, -0.2) is 23.0 Å². The fourth-order valence-corrected chi connectivity index (χ4v) is 1.69. The van der Waals surface area contributed by atoms with Crippen LogP contribution in [0.15, 0.2) is 28.2 Å². The van der Waals surface area contributed by atoms with Gasteiger partial charge in [0.1, 0.15) is 4.90 Å². The van der Waals surface area contributed by atoms with Gasteiger partial charge in [-0.25, -0.2) is 18.1 Å². The zero-order valence-electron chi connectivity index (χ0n) is 6.84. The lowest BCUT2D eigenvalue weighted by molar-refractivity contribution is 0.598. The van der Waals surface area contributed by atoms with Gasteiger partial charge in [-0.15, -0.1) is 0 Å². The van der Waals surface area contributed by atoms with Gasteiger partial charge in [-0.3, -0.25) is 4.79 Å². The van der Waals surface area contributed by atoms with Crippen LogP contribution in [0.4, 0.5) is 0 Å². The van der Waals surface area contributed by atoms with E-state index in [2.05, 4.69) is 10.1 Å². The van der Waals surface area contributed by atoms with E-state index < -0.39 is 15.6 Å². The molecule has 0 atom stereocenters. The van der Waals surface area contributed by atoms with Crippen LogP contribution < -0.4 is 10.7 Å². The van der Waals surface area contributed by atoms with Crippen molar-refractivity contribution < 1.29 is 8.42 Å². The molecule has 0 aromatic carbocycles. The van der Waals surface area contributed by atoms with E-state index in [0.717, 1.165) is 6.20 Å². The molecule has 0 radical (unpaired) electrons. The van der Waals surface area contributed by atoms with E-state index in [0.29, 0.717) is 0 Å². The number of aromatic amines is 1. The minimum Gasteiger partial charge on any atom is -0.306 e. The second kappa shape index (κ2) is 2.66. The topological polar surface area (TPSA) is 110 Å². The molecule has 0 aliphatic carbocycles. The van der Waals surface area contributed by atoms with Crippen molar-refractivity contribution in [1.82, 2.24) is 14.6 Å². The van der Waals surface area contributed by atoms with Crippen LogP contribution in [0.3, 0.4) is 0 Å². The minimum atomic E-state index is -3.86. The molecule has 0 aliphatic rings. The summed E-state index contributed by atoms with van der Waals surface area (Å²) in [6, 6.07) is 1.23. The molecule has 3 N–H and O–H groups in total. The smallest absolute Gasteiger partial charge is 0.251 e. The first-order chi connectivity index (χ1) is 6.48. The molecular formula is C6H6N4O3S. The van der Waals surface area contributed by atoms with Gasteiger partial charge < -0.3 is 4.98 Å². The van der Waals surface area contributed by atoms with E-state index in [4.69, 9.17) is 5.14 Å². The Morgan fingerprint density at radius 1 is 1.50 bits per heavy atom. The minimum absolute atomic E-state index is 0.0694. The van der Waals surface area contributed by atoms with Crippen molar-refractivity contribution in [2.24, 2.45) is 5.14 Å². The van der Waals surface area contributed by atoms with Gasteiger partial charge in [-0.05, 0) is 0 Å². The van der Waals surface area contributed by atoms with Crippen molar-refractivity contribution in [3.63, 3.8) is 0 Å². The quantitative estimate of drug-likeness (QED) is 0.612. The SMILES string of the molecule is NS(=O)(=O)c1cnn2ccc(=O)[nH]c12. The average molecular weight is 214 g/mol. The lowest BCUT2D eigenvalue weighted by Gasteiger charge is -1.94. The summed E-state index contributed by atoms with van der Waals surface area (Å²) in [5, 5.41) is 8.63. The van der Waals surface area contributed by atoms with E-state index in [9.17, 15) is 13.2 Å². The molecule has 0 unspecified atom stereocenters. The first-order valence-corrected chi connectivity index (χ1v) is 5.12. The second-order valence-electron chi connectivity index (χ2n) is 2.65. The normalized spacial score (nSPS) is 12.1. The van der Waals surface area contributed by atoms with Gasteiger partial charge in [0, 0.05) is 12.3 Å². The Morgan fingerprint density at radius 2 is 2.21 bits per heavy atom. The van der Waals surface area contributed by atoms with Gasteiger partial charge in [-0.2, -0.15) is 5.10 Å². The summed E-state index contributed by atoms with van der Waals surface area (Å²) in [7, 11) is -3.86. The molecule has 8 heteroatoms. The first kappa shape index (κ1) is 8.91. The molecule has 0 fully saturated rings. The van der Waals surface area contributed by atoms with Crippen molar-refractivity contribution in [3.05, 3.63) is 28.8 Å². The molecule has 0 aliphatic heterocycles. The van der Waals surface area contributed by atoms with Crippen LogP contribution in [-0.2, 0) is 10.0 Å². The van der Waals surface area contributed by atoms with E-state index in [1.54, 1.807) is 0 Å². The fourth-order valence-electron chi connectivity index (χ4n) is 1.08. The lowest BCUT2D eigenvalue weighted by atomic mass is 10.6. The maximum atomic E-state index is 11.0. The number of H-pyrrole nitrogens is 1. The first-order valence-electron chi connectivity index (χ1n) is 3.58. The molecule has 0 bridgehead atoms. The Morgan fingerprint density at radius 3 is 2.86 bits per heavy atom. The Kier molecular flexibility index (Phi) is 1.69. The largest absolute Gasteiger partial charge is 0.306 e. The molecule has 0 amide bonds. The molecule has 0 saturated carbocycles. The molecule has 14 heavy (non-hydrogen) atoms. The summed E-state index contributed by atoms with van der Waals surface area (Å²) in [4.78, 5) is 13.1. The number of rotatable bonds is 1. The van der Waals surface area contributed by atoms with Gasteiger partial charge >= 0.3 is 0 Å². The van der Waals surface area contributed by atoms with Crippen LogP contribution in [0.5, 0.6) is 0 Å². The molecule has 2 rings (SSSR count). The molecule has 74 valence electrons. The second-order valence-corrected chi connectivity index (χ2v) is 4.18. The molecule has 2 aromatic rings. The monoisotopic (exact) mass is 214 g/mol. The molecule has 0 spiro atoms. The molecule has 2 aromatic heterocycles. The van der Waals surface area contributed by atoms with Gasteiger partial charge in [0.25, 0.3) is 5.56 Å². The van der Waals surface area contributed by atoms with Crippen LogP contribution in [0.1, 0.15) is 0 Å². The van der Waals surface area contributed by atoms with Crippen molar-refractivity contribution in [1.29, 1.82) is 0 Å². The Balaban J connectivity index is 2.94. The summed E-state index contributed by atoms with van der Waals surface area (Å²) < 4.78 is 23.3. The number of nitrogens with two attached hydrogens (primary N) is 1. The van der Waals surface area contributed by atoms with Gasteiger partial charge in [0.2, 0.25) is 10.0 Å². The molecule has 7 nitrogen and oxygen atoms in total. The van der Waals surface area contributed by atoms with Gasteiger partial charge in [-0.1, -0.05) is 0 Å². The third-order valence-electron chi connectivity index (χ3n) is 1.68. The highest BCUT2D eigenvalue weighted by Gasteiger charge is 2.15. The number of aromatic nitrogens is 3. The van der Waals surface area contributed by atoms with E-state index in [1.165, 1.54) is 16.8 Å². The van der Waals surface area contributed by atoms with Crippen molar-refractivity contribution in [2.75, 3.05) is 0 Å². The van der Waals surface area contributed by atoms with Crippen LogP contribution >= 0.6 is 0 Å². The van der Waals surface area contributed by atoms with Crippen molar-refractivity contribution >= 4 is 15.7 Å². The van der Waals surface area contributed by atoms with Gasteiger partial charge in [0.15, 0.2) is 5.65 Å². The standard InChI is InChI=1S/C6H6N4O3S/c7-14(12,13)4-3-8-10-2-1-5(11)9-6(4)10/h1-3H,(H,9,11)(H2,7,12,13). The maximum Gasteiger partial charge on any atom is 0.251 e. The zero-order chi connectivity index (χ0) is 10.3. The van der Waals surface area contributed by atoms with Crippen LogP contribution in [0, 0.1) is 0 Å². The van der Waals surface area contributed by atoms with E-state index >= 15 is 0 Å². The van der Waals surface area contributed by atoms with Crippen LogP contribution in [0.2, 0.25) is 0 Å². The molecular weight excluding hydrogens is 208 g/mol. The third-order valence-corrected chi connectivity index (χ3v) is 2.59. The van der Waals surface area contributed by atoms with Crippen LogP contribution in [0.25, 0.3) is 5.65 Å². The van der Waals surface area contributed by atoms with Crippen molar-refractivity contribution in [2.45, 2.75) is 4.90 Å². The highest BCUT2D eigenvalue weighted by molar-refractivity contribution is 7.89.